The Morgan fingerprint density at radius 2 is 2.33 bits per heavy atom. The van der Waals surface area contributed by atoms with E-state index in [9.17, 15) is 9.59 Å². The van der Waals surface area contributed by atoms with Crippen LogP contribution in [0, 0.1) is 0 Å². The molecule has 108 valence electrons. The van der Waals surface area contributed by atoms with E-state index in [0.717, 1.165) is 10.0 Å². The summed E-state index contributed by atoms with van der Waals surface area (Å²) in [7, 11) is 0. The zero-order chi connectivity index (χ0) is 15.0. The first-order valence-electron chi connectivity index (χ1n) is 6.65. The summed E-state index contributed by atoms with van der Waals surface area (Å²) < 4.78 is 7.49. The average Bonchev–Trinajstić information content (AvgIpc) is 3.05. The first kappa shape index (κ1) is 14.0. The number of nitrogens with zero attached hydrogens (tertiary/aromatic N) is 2. The summed E-state index contributed by atoms with van der Waals surface area (Å²) >= 11 is 3.47. The van der Waals surface area contributed by atoms with E-state index >= 15 is 0 Å². The largest absolute Gasteiger partial charge is 0.460 e. The predicted molar refractivity (Wildman–Crippen MR) is 79.4 cm³/mol. The van der Waals surface area contributed by atoms with Crippen LogP contribution in [0.25, 0.3) is 0 Å². The average molecular weight is 349 g/mol. The van der Waals surface area contributed by atoms with Crippen molar-refractivity contribution in [2.45, 2.75) is 19.4 Å². The Labute approximate surface area is 130 Å². The number of fused-ring (bicyclic) bond motifs is 1. The van der Waals surface area contributed by atoms with Gasteiger partial charge in [-0.2, -0.15) is 0 Å². The van der Waals surface area contributed by atoms with E-state index in [1.807, 2.05) is 18.2 Å². The maximum absolute atomic E-state index is 12.6. The highest BCUT2D eigenvalue weighted by Gasteiger charge is 2.35. The van der Waals surface area contributed by atoms with Crippen molar-refractivity contribution in [3.63, 3.8) is 0 Å². The Kier molecular flexibility index (Phi) is 3.63. The van der Waals surface area contributed by atoms with Crippen LogP contribution in [0.1, 0.15) is 39.5 Å². The molecule has 0 saturated carbocycles. The molecule has 1 aliphatic rings. The van der Waals surface area contributed by atoms with Gasteiger partial charge in [0.2, 0.25) is 5.82 Å². The third-order valence-electron chi connectivity index (χ3n) is 3.55. The molecule has 1 aromatic carbocycles. The lowest BCUT2D eigenvalue weighted by Crippen LogP contribution is -2.21. The molecule has 21 heavy (non-hydrogen) atoms. The zero-order valence-corrected chi connectivity index (χ0v) is 13.0. The molecule has 0 spiro atoms. The van der Waals surface area contributed by atoms with Gasteiger partial charge in [-0.05, 0) is 18.6 Å². The molecule has 2 aromatic rings. The highest BCUT2D eigenvalue weighted by atomic mass is 79.9. The lowest BCUT2D eigenvalue weighted by Gasteiger charge is -2.12. The van der Waals surface area contributed by atoms with Crippen LogP contribution in [0.2, 0.25) is 0 Å². The zero-order valence-electron chi connectivity index (χ0n) is 11.4. The van der Waals surface area contributed by atoms with E-state index < -0.39 is 12.0 Å². The first-order chi connectivity index (χ1) is 10.1. The molecule has 1 unspecified atom stereocenters. The summed E-state index contributed by atoms with van der Waals surface area (Å²) in [6.45, 7) is 2.01. The molecule has 3 rings (SSSR count). The van der Waals surface area contributed by atoms with Crippen molar-refractivity contribution in [3.8, 4) is 0 Å². The molecule has 1 aliphatic carbocycles. The highest BCUT2D eigenvalue weighted by Crippen LogP contribution is 2.35. The summed E-state index contributed by atoms with van der Waals surface area (Å²) in [4.78, 5) is 28.5. The standard InChI is InChI=1S/C15H13BrN2O3/c1-2-21-15(20)14-17-6-7-18(14)12-8-10-9(13(12)19)4-3-5-11(10)16/h3-7,12H,2,8H2,1H3. The van der Waals surface area contributed by atoms with Gasteiger partial charge in [0.1, 0.15) is 6.04 Å². The summed E-state index contributed by atoms with van der Waals surface area (Å²) in [6, 6.07) is 5.11. The molecule has 1 heterocycles. The van der Waals surface area contributed by atoms with E-state index in [4.69, 9.17) is 4.74 Å². The monoisotopic (exact) mass is 348 g/mol. The fourth-order valence-electron chi connectivity index (χ4n) is 2.61. The molecule has 5 nitrogen and oxygen atoms in total. The second kappa shape index (κ2) is 5.44. The van der Waals surface area contributed by atoms with Crippen LogP contribution in [-0.2, 0) is 11.2 Å². The summed E-state index contributed by atoms with van der Waals surface area (Å²) in [5, 5.41) is 0. The topological polar surface area (TPSA) is 61.2 Å². The normalized spacial score (nSPS) is 16.9. The van der Waals surface area contributed by atoms with Crippen molar-refractivity contribution in [1.29, 1.82) is 0 Å². The minimum absolute atomic E-state index is 0.00477. The second-order valence-corrected chi connectivity index (χ2v) is 5.58. The lowest BCUT2D eigenvalue weighted by atomic mass is 10.1. The summed E-state index contributed by atoms with van der Waals surface area (Å²) in [6.07, 6.45) is 3.70. The molecule has 1 atom stereocenters. The van der Waals surface area contributed by atoms with Gasteiger partial charge >= 0.3 is 5.97 Å². The Bertz CT molecular complexity index is 723. The number of hydrogen-bond donors (Lipinski definition) is 0. The minimum Gasteiger partial charge on any atom is -0.460 e. The van der Waals surface area contributed by atoms with Crippen LogP contribution < -0.4 is 0 Å². The van der Waals surface area contributed by atoms with Crippen LogP contribution in [-0.4, -0.2) is 27.9 Å². The van der Waals surface area contributed by atoms with Crippen LogP contribution in [0.4, 0.5) is 0 Å². The smallest absolute Gasteiger partial charge is 0.374 e. The quantitative estimate of drug-likeness (QED) is 0.800. The van der Waals surface area contributed by atoms with Gasteiger partial charge in [0.25, 0.3) is 0 Å². The lowest BCUT2D eigenvalue weighted by molar-refractivity contribution is 0.0504. The second-order valence-electron chi connectivity index (χ2n) is 4.73. The number of Topliss-reactive ketones (excluding diaryl/α,β-unsaturated/α-hetero) is 1. The SMILES string of the molecule is CCOC(=O)c1nccn1C1Cc2c(Br)cccc2C1=O. The molecule has 0 fully saturated rings. The van der Waals surface area contributed by atoms with E-state index in [1.165, 1.54) is 6.20 Å². The van der Waals surface area contributed by atoms with Crippen molar-refractivity contribution in [3.05, 3.63) is 52.0 Å². The molecule has 0 saturated heterocycles. The predicted octanol–water partition coefficient (Wildman–Crippen LogP) is 2.80. The van der Waals surface area contributed by atoms with Gasteiger partial charge in [-0.15, -0.1) is 0 Å². The van der Waals surface area contributed by atoms with Crippen molar-refractivity contribution >= 4 is 27.7 Å². The van der Waals surface area contributed by atoms with Crippen LogP contribution >= 0.6 is 15.9 Å². The van der Waals surface area contributed by atoms with Gasteiger partial charge in [0.05, 0.1) is 6.61 Å². The maximum Gasteiger partial charge on any atom is 0.374 e. The van der Waals surface area contributed by atoms with E-state index in [-0.39, 0.29) is 18.2 Å². The van der Waals surface area contributed by atoms with Gasteiger partial charge in [0.15, 0.2) is 5.78 Å². The Balaban J connectivity index is 1.98. The number of halogens is 1. The number of carbonyl (C=O) groups is 2. The Hall–Kier alpha value is -1.95. The number of ether oxygens (including phenoxy) is 1. The number of esters is 1. The fraction of sp³-hybridized carbons (Fsp3) is 0.267. The van der Waals surface area contributed by atoms with Crippen molar-refractivity contribution in [1.82, 2.24) is 9.55 Å². The molecule has 0 amide bonds. The molecule has 0 N–H and O–H groups in total. The van der Waals surface area contributed by atoms with E-state index in [0.29, 0.717) is 12.0 Å². The van der Waals surface area contributed by atoms with Crippen LogP contribution in [0.15, 0.2) is 35.1 Å². The van der Waals surface area contributed by atoms with Gasteiger partial charge in [-0.3, -0.25) is 4.79 Å². The number of rotatable bonds is 3. The van der Waals surface area contributed by atoms with Gasteiger partial charge in [0, 0.05) is 28.9 Å². The third kappa shape index (κ3) is 2.29. The van der Waals surface area contributed by atoms with Crippen molar-refractivity contribution in [2.75, 3.05) is 6.61 Å². The molecule has 6 heteroatoms. The molecular formula is C15H13BrN2O3. The van der Waals surface area contributed by atoms with Crippen LogP contribution in [0.5, 0.6) is 0 Å². The van der Waals surface area contributed by atoms with E-state index in [2.05, 4.69) is 20.9 Å². The number of carbonyl (C=O) groups excluding carboxylic acids is 2. The van der Waals surface area contributed by atoms with Gasteiger partial charge < -0.3 is 9.30 Å². The van der Waals surface area contributed by atoms with Gasteiger partial charge in [-0.25, -0.2) is 9.78 Å². The molecular weight excluding hydrogens is 336 g/mol. The molecule has 1 aromatic heterocycles. The van der Waals surface area contributed by atoms with Crippen molar-refractivity contribution < 1.29 is 14.3 Å². The number of hydrogen-bond acceptors (Lipinski definition) is 4. The molecule has 0 bridgehead atoms. The molecule has 0 radical (unpaired) electrons. The number of imidazole rings is 1. The molecule has 0 aliphatic heterocycles. The Morgan fingerprint density at radius 1 is 1.52 bits per heavy atom. The minimum atomic E-state index is -0.509. The van der Waals surface area contributed by atoms with E-state index in [1.54, 1.807) is 17.7 Å². The van der Waals surface area contributed by atoms with Gasteiger partial charge in [-0.1, -0.05) is 28.1 Å². The number of ketones is 1. The van der Waals surface area contributed by atoms with Crippen molar-refractivity contribution in [2.24, 2.45) is 0 Å². The fourth-order valence-corrected chi connectivity index (χ4v) is 3.13. The highest BCUT2D eigenvalue weighted by molar-refractivity contribution is 9.10. The number of aromatic nitrogens is 2. The maximum atomic E-state index is 12.6. The number of benzene rings is 1. The van der Waals surface area contributed by atoms with Crippen LogP contribution in [0.3, 0.4) is 0 Å². The summed E-state index contributed by atoms with van der Waals surface area (Å²) in [5.41, 5.74) is 1.66. The third-order valence-corrected chi connectivity index (χ3v) is 4.29. The summed E-state index contributed by atoms with van der Waals surface area (Å²) in [5.74, 6) is -0.348. The first-order valence-corrected chi connectivity index (χ1v) is 7.44. The Morgan fingerprint density at radius 3 is 3.05 bits per heavy atom.